The average Bonchev–Trinajstić information content (AvgIpc) is 2.39. The van der Waals surface area contributed by atoms with E-state index < -0.39 is 0 Å². The van der Waals surface area contributed by atoms with E-state index in [-0.39, 0.29) is 0 Å². The molecule has 4 nitrogen and oxygen atoms in total. The third kappa shape index (κ3) is 2.83. The Labute approximate surface area is 103 Å². The summed E-state index contributed by atoms with van der Waals surface area (Å²) in [6, 6.07) is 6.88. The largest absolute Gasteiger partial charge is 0.329 e. The first kappa shape index (κ1) is 12.5. The van der Waals surface area contributed by atoms with Crippen molar-refractivity contribution in [3.63, 3.8) is 0 Å². The van der Waals surface area contributed by atoms with Gasteiger partial charge in [-0.3, -0.25) is 9.88 Å². The fraction of sp³-hybridized carbons (Fsp3) is 0.615. The predicted octanol–water partition coefficient (Wildman–Crippen LogP) is 0.717. The number of likely N-dealkylation sites (N-methyl/N-ethyl adjacent to an activating group) is 1. The number of nitrogens with two attached hydrogens (primary N) is 1. The second-order valence-corrected chi connectivity index (χ2v) is 4.82. The Kier molecular flexibility index (Phi) is 4.10. The van der Waals surface area contributed by atoms with Crippen molar-refractivity contribution < 1.29 is 0 Å². The Morgan fingerprint density at radius 3 is 2.94 bits per heavy atom. The average molecular weight is 234 g/mol. The van der Waals surface area contributed by atoms with Gasteiger partial charge in [-0.1, -0.05) is 6.07 Å². The van der Waals surface area contributed by atoms with Gasteiger partial charge >= 0.3 is 0 Å². The summed E-state index contributed by atoms with van der Waals surface area (Å²) in [6.45, 7) is 6.15. The van der Waals surface area contributed by atoms with Crippen molar-refractivity contribution in [2.75, 3.05) is 33.2 Å². The van der Waals surface area contributed by atoms with Crippen LogP contribution in [0, 0.1) is 0 Å². The zero-order valence-corrected chi connectivity index (χ0v) is 10.7. The summed E-state index contributed by atoms with van der Waals surface area (Å²) in [4.78, 5) is 9.27. The molecule has 2 rings (SSSR count). The molecule has 0 aliphatic carbocycles. The van der Waals surface area contributed by atoms with Crippen molar-refractivity contribution in [3.05, 3.63) is 30.1 Å². The van der Waals surface area contributed by atoms with Gasteiger partial charge in [-0.05, 0) is 26.1 Å². The molecule has 2 unspecified atom stereocenters. The number of piperazine rings is 1. The van der Waals surface area contributed by atoms with Crippen molar-refractivity contribution >= 4 is 0 Å². The van der Waals surface area contributed by atoms with Crippen molar-refractivity contribution in [2.45, 2.75) is 19.0 Å². The fourth-order valence-electron chi connectivity index (χ4n) is 2.54. The van der Waals surface area contributed by atoms with E-state index in [1.807, 2.05) is 18.3 Å². The van der Waals surface area contributed by atoms with Gasteiger partial charge in [0.15, 0.2) is 0 Å². The van der Waals surface area contributed by atoms with E-state index >= 15 is 0 Å². The molecular weight excluding hydrogens is 212 g/mol. The zero-order chi connectivity index (χ0) is 12.3. The van der Waals surface area contributed by atoms with Crippen molar-refractivity contribution in [1.29, 1.82) is 0 Å². The van der Waals surface area contributed by atoms with Gasteiger partial charge < -0.3 is 10.6 Å². The Bertz CT molecular complexity index is 341. The van der Waals surface area contributed by atoms with E-state index in [4.69, 9.17) is 5.73 Å². The highest BCUT2D eigenvalue weighted by Gasteiger charge is 2.28. The van der Waals surface area contributed by atoms with Gasteiger partial charge in [0.1, 0.15) is 0 Å². The molecule has 0 saturated carbocycles. The molecule has 0 radical (unpaired) electrons. The van der Waals surface area contributed by atoms with Crippen LogP contribution < -0.4 is 5.73 Å². The Hall–Kier alpha value is -0.970. The standard InChI is InChI=1S/C13H22N4/c1-11(13-5-3-4-6-15-13)17-8-7-16(2)10-12(17)9-14/h3-6,11-12H,7-10,14H2,1-2H3. The molecule has 4 heteroatoms. The number of pyridine rings is 1. The molecular formula is C13H22N4. The summed E-state index contributed by atoms with van der Waals surface area (Å²) >= 11 is 0. The van der Waals surface area contributed by atoms with Crippen molar-refractivity contribution in [2.24, 2.45) is 5.73 Å². The summed E-state index contributed by atoms with van der Waals surface area (Å²) in [5.74, 6) is 0. The smallest absolute Gasteiger partial charge is 0.0572 e. The molecule has 1 aliphatic heterocycles. The predicted molar refractivity (Wildman–Crippen MR) is 69.7 cm³/mol. The molecule has 0 bridgehead atoms. The van der Waals surface area contributed by atoms with Crippen LogP contribution in [-0.4, -0.2) is 54.1 Å². The summed E-state index contributed by atoms with van der Waals surface area (Å²) in [5.41, 5.74) is 7.02. The third-order valence-electron chi connectivity index (χ3n) is 3.62. The van der Waals surface area contributed by atoms with E-state index in [1.54, 1.807) is 0 Å². The second-order valence-electron chi connectivity index (χ2n) is 4.82. The fourth-order valence-corrected chi connectivity index (χ4v) is 2.54. The maximum Gasteiger partial charge on any atom is 0.0572 e. The minimum Gasteiger partial charge on any atom is -0.329 e. The Morgan fingerprint density at radius 1 is 1.47 bits per heavy atom. The van der Waals surface area contributed by atoms with Gasteiger partial charge in [-0.2, -0.15) is 0 Å². The molecule has 0 aromatic carbocycles. The van der Waals surface area contributed by atoms with Gasteiger partial charge in [0.25, 0.3) is 0 Å². The van der Waals surface area contributed by atoms with Crippen LogP contribution in [0.3, 0.4) is 0 Å². The monoisotopic (exact) mass is 234 g/mol. The highest BCUT2D eigenvalue weighted by atomic mass is 15.3. The first-order valence-electron chi connectivity index (χ1n) is 6.27. The van der Waals surface area contributed by atoms with Crippen LogP contribution in [0.15, 0.2) is 24.4 Å². The van der Waals surface area contributed by atoms with Crippen molar-refractivity contribution in [1.82, 2.24) is 14.8 Å². The lowest BCUT2D eigenvalue weighted by atomic mass is 10.1. The van der Waals surface area contributed by atoms with Gasteiger partial charge in [0.05, 0.1) is 5.69 Å². The summed E-state index contributed by atoms with van der Waals surface area (Å²) in [7, 11) is 2.16. The minimum atomic E-state index is 0.346. The van der Waals surface area contributed by atoms with E-state index in [9.17, 15) is 0 Å². The number of aromatic nitrogens is 1. The lowest BCUT2D eigenvalue weighted by Crippen LogP contribution is -2.55. The van der Waals surface area contributed by atoms with Crippen LogP contribution in [0.1, 0.15) is 18.7 Å². The SMILES string of the molecule is CC(c1ccccn1)N1CCN(C)CC1CN. The molecule has 2 heterocycles. The molecule has 1 fully saturated rings. The topological polar surface area (TPSA) is 45.4 Å². The van der Waals surface area contributed by atoms with E-state index in [1.165, 1.54) is 0 Å². The van der Waals surface area contributed by atoms with E-state index in [0.717, 1.165) is 25.3 Å². The highest BCUT2D eigenvalue weighted by Crippen LogP contribution is 2.22. The Balaban J connectivity index is 2.10. The van der Waals surface area contributed by atoms with Crippen LogP contribution in [0.25, 0.3) is 0 Å². The molecule has 1 saturated heterocycles. The van der Waals surface area contributed by atoms with Gasteiger partial charge in [0.2, 0.25) is 0 Å². The molecule has 2 N–H and O–H groups in total. The van der Waals surface area contributed by atoms with Gasteiger partial charge in [-0.25, -0.2) is 0 Å². The number of hydrogen-bond donors (Lipinski definition) is 1. The summed E-state index contributed by atoms with van der Waals surface area (Å²) < 4.78 is 0. The molecule has 1 aliphatic rings. The molecule has 0 spiro atoms. The zero-order valence-electron chi connectivity index (χ0n) is 10.7. The van der Waals surface area contributed by atoms with Crippen LogP contribution in [-0.2, 0) is 0 Å². The third-order valence-corrected chi connectivity index (χ3v) is 3.62. The number of nitrogens with zero attached hydrogens (tertiary/aromatic N) is 3. The van der Waals surface area contributed by atoms with Gasteiger partial charge in [0, 0.05) is 44.5 Å². The molecule has 1 aromatic heterocycles. The molecule has 94 valence electrons. The molecule has 17 heavy (non-hydrogen) atoms. The maximum absolute atomic E-state index is 5.88. The summed E-state index contributed by atoms with van der Waals surface area (Å²) in [5, 5.41) is 0. The quantitative estimate of drug-likeness (QED) is 0.837. The molecule has 1 aromatic rings. The highest BCUT2D eigenvalue weighted by molar-refractivity contribution is 5.09. The lowest BCUT2D eigenvalue weighted by molar-refractivity contribution is 0.0606. The number of rotatable bonds is 3. The minimum absolute atomic E-state index is 0.346. The summed E-state index contributed by atoms with van der Waals surface area (Å²) in [6.07, 6.45) is 1.86. The lowest BCUT2D eigenvalue weighted by Gasteiger charge is -2.42. The Morgan fingerprint density at radius 2 is 2.29 bits per heavy atom. The maximum atomic E-state index is 5.88. The van der Waals surface area contributed by atoms with Crippen molar-refractivity contribution in [3.8, 4) is 0 Å². The molecule has 0 amide bonds. The first-order chi connectivity index (χ1) is 8.22. The second kappa shape index (κ2) is 5.58. The van der Waals surface area contributed by atoms with Gasteiger partial charge in [-0.15, -0.1) is 0 Å². The van der Waals surface area contributed by atoms with Crippen LogP contribution >= 0.6 is 0 Å². The van der Waals surface area contributed by atoms with E-state index in [0.29, 0.717) is 18.6 Å². The normalized spacial score (nSPS) is 24.8. The van der Waals surface area contributed by atoms with E-state index in [2.05, 4.69) is 34.8 Å². The number of hydrogen-bond acceptors (Lipinski definition) is 4. The molecule has 2 atom stereocenters. The first-order valence-corrected chi connectivity index (χ1v) is 6.27. The van der Waals surface area contributed by atoms with Crippen LogP contribution in [0.4, 0.5) is 0 Å². The van der Waals surface area contributed by atoms with Crippen LogP contribution in [0.5, 0.6) is 0 Å². The van der Waals surface area contributed by atoms with Crippen LogP contribution in [0.2, 0.25) is 0 Å².